The highest BCUT2D eigenvalue weighted by molar-refractivity contribution is 9.10. The predicted molar refractivity (Wildman–Crippen MR) is 84.2 cm³/mol. The summed E-state index contributed by atoms with van der Waals surface area (Å²) >= 11 is 3.38. The molecule has 0 spiro atoms. The number of hydrogen-bond donors (Lipinski definition) is 2. The Morgan fingerprint density at radius 3 is 2.70 bits per heavy atom. The fraction of sp³-hybridized carbons (Fsp3) is 0.133. The Balaban J connectivity index is 2.25. The number of hydrogen-bond acceptors (Lipinski definition) is 3. The number of carbonyl (C=O) groups excluding carboxylic acids is 1. The van der Waals surface area contributed by atoms with E-state index in [4.69, 9.17) is 10.5 Å². The number of nitrogen functional groups attached to an aromatic ring is 1. The molecular weight excluding hydrogens is 320 g/mol. The van der Waals surface area contributed by atoms with Crippen LogP contribution in [0.3, 0.4) is 0 Å². The summed E-state index contributed by atoms with van der Waals surface area (Å²) in [6.45, 7) is 1.94. The molecule has 0 unspecified atom stereocenters. The van der Waals surface area contributed by atoms with Crippen LogP contribution in [-0.4, -0.2) is 13.0 Å². The van der Waals surface area contributed by atoms with Crippen LogP contribution < -0.4 is 15.8 Å². The van der Waals surface area contributed by atoms with Crippen molar-refractivity contribution in [3.63, 3.8) is 0 Å². The van der Waals surface area contributed by atoms with E-state index in [2.05, 4.69) is 21.2 Å². The zero-order chi connectivity index (χ0) is 14.7. The van der Waals surface area contributed by atoms with Crippen LogP contribution in [0, 0.1) is 6.92 Å². The number of ether oxygens (including phenoxy) is 1. The zero-order valence-electron chi connectivity index (χ0n) is 11.2. The summed E-state index contributed by atoms with van der Waals surface area (Å²) in [4.78, 5) is 12.3. The van der Waals surface area contributed by atoms with Crippen LogP contribution in [0.5, 0.6) is 5.75 Å². The molecule has 2 aromatic rings. The lowest BCUT2D eigenvalue weighted by atomic mass is 10.1. The highest BCUT2D eigenvalue weighted by atomic mass is 79.9. The molecule has 2 rings (SSSR count). The summed E-state index contributed by atoms with van der Waals surface area (Å²) in [6, 6.07) is 10.7. The normalized spacial score (nSPS) is 10.2. The molecule has 0 aliphatic rings. The van der Waals surface area contributed by atoms with Gasteiger partial charge >= 0.3 is 0 Å². The van der Waals surface area contributed by atoms with Gasteiger partial charge in [0.15, 0.2) is 0 Å². The molecule has 0 aliphatic carbocycles. The molecule has 0 aromatic heterocycles. The topological polar surface area (TPSA) is 64.3 Å². The number of carbonyl (C=O) groups is 1. The van der Waals surface area contributed by atoms with Crippen LogP contribution in [0.4, 0.5) is 11.4 Å². The van der Waals surface area contributed by atoms with Gasteiger partial charge in [-0.05, 0) is 47.1 Å². The fourth-order valence-electron chi connectivity index (χ4n) is 1.80. The maximum Gasteiger partial charge on any atom is 0.256 e. The van der Waals surface area contributed by atoms with Gasteiger partial charge in [-0.15, -0.1) is 0 Å². The molecule has 4 nitrogen and oxygen atoms in total. The van der Waals surface area contributed by atoms with Crippen molar-refractivity contribution in [2.45, 2.75) is 6.92 Å². The van der Waals surface area contributed by atoms with E-state index < -0.39 is 0 Å². The van der Waals surface area contributed by atoms with Crippen molar-refractivity contribution < 1.29 is 9.53 Å². The lowest BCUT2D eigenvalue weighted by Crippen LogP contribution is -2.13. The van der Waals surface area contributed by atoms with Gasteiger partial charge in [0.2, 0.25) is 0 Å². The maximum absolute atomic E-state index is 12.3. The first-order chi connectivity index (χ1) is 9.51. The third kappa shape index (κ3) is 3.11. The van der Waals surface area contributed by atoms with Crippen LogP contribution in [0.2, 0.25) is 0 Å². The number of aryl methyl sites for hydroxylation is 1. The molecule has 0 radical (unpaired) electrons. The number of nitrogens with one attached hydrogen (secondary N) is 1. The van der Waals surface area contributed by atoms with Gasteiger partial charge in [0.25, 0.3) is 5.91 Å². The average molecular weight is 335 g/mol. The number of nitrogens with two attached hydrogens (primary N) is 1. The minimum Gasteiger partial charge on any atom is -0.495 e. The smallest absolute Gasteiger partial charge is 0.256 e. The molecule has 3 N–H and O–H groups in total. The Labute approximate surface area is 126 Å². The molecule has 0 fully saturated rings. The summed E-state index contributed by atoms with van der Waals surface area (Å²) in [5, 5.41) is 2.82. The Kier molecular flexibility index (Phi) is 4.29. The minimum atomic E-state index is -0.188. The van der Waals surface area contributed by atoms with E-state index in [0.717, 1.165) is 10.0 Å². The molecule has 0 saturated heterocycles. The van der Waals surface area contributed by atoms with Crippen molar-refractivity contribution >= 4 is 33.2 Å². The first-order valence-electron chi connectivity index (χ1n) is 6.02. The Hall–Kier alpha value is -2.01. The second-order valence-electron chi connectivity index (χ2n) is 4.39. The third-order valence-corrected chi connectivity index (χ3v) is 3.55. The molecule has 20 heavy (non-hydrogen) atoms. The lowest BCUT2D eigenvalue weighted by Gasteiger charge is -2.10. The summed E-state index contributed by atoms with van der Waals surface area (Å²) in [6.07, 6.45) is 0. The first kappa shape index (κ1) is 14.4. The molecular formula is C15H15BrN2O2. The van der Waals surface area contributed by atoms with Gasteiger partial charge in [0.1, 0.15) is 5.75 Å². The number of anilines is 2. The molecule has 0 atom stereocenters. The van der Waals surface area contributed by atoms with E-state index >= 15 is 0 Å². The van der Waals surface area contributed by atoms with Crippen molar-refractivity contribution in [1.29, 1.82) is 0 Å². The van der Waals surface area contributed by atoms with Crippen molar-refractivity contribution in [2.24, 2.45) is 0 Å². The van der Waals surface area contributed by atoms with Crippen molar-refractivity contribution in [1.82, 2.24) is 0 Å². The van der Waals surface area contributed by atoms with E-state index in [1.165, 1.54) is 7.11 Å². The van der Waals surface area contributed by atoms with Crippen LogP contribution in [0.25, 0.3) is 0 Å². The Bertz CT molecular complexity index is 656. The van der Waals surface area contributed by atoms with E-state index in [9.17, 15) is 4.79 Å². The molecule has 1 amide bonds. The maximum atomic E-state index is 12.3. The van der Waals surface area contributed by atoms with E-state index in [-0.39, 0.29) is 5.91 Å². The molecule has 0 saturated carbocycles. The quantitative estimate of drug-likeness (QED) is 0.843. The van der Waals surface area contributed by atoms with E-state index in [0.29, 0.717) is 22.7 Å². The number of rotatable bonds is 3. The second kappa shape index (κ2) is 5.96. The molecule has 104 valence electrons. The van der Waals surface area contributed by atoms with E-state index in [1.54, 1.807) is 18.2 Å². The molecule has 0 aliphatic heterocycles. The Morgan fingerprint density at radius 1 is 1.25 bits per heavy atom. The zero-order valence-corrected chi connectivity index (χ0v) is 12.8. The van der Waals surface area contributed by atoms with Crippen molar-refractivity contribution in [3.8, 4) is 5.75 Å². The molecule has 0 heterocycles. The number of amides is 1. The average Bonchev–Trinajstić information content (AvgIpc) is 2.43. The highest BCUT2D eigenvalue weighted by Crippen LogP contribution is 2.26. The highest BCUT2D eigenvalue weighted by Gasteiger charge is 2.11. The largest absolute Gasteiger partial charge is 0.495 e. The van der Waals surface area contributed by atoms with Crippen LogP contribution in [0.1, 0.15) is 15.9 Å². The van der Waals surface area contributed by atoms with E-state index in [1.807, 2.05) is 25.1 Å². The lowest BCUT2D eigenvalue weighted by molar-refractivity contribution is 0.102. The van der Waals surface area contributed by atoms with Crippen molar-refractivity contribution in [2.75, 3.05) is 18.2 Å². The van der Waals surface area contributed by atoms with Crippen LogP contribution >= 0.6 is 15.9 Å². The van der Waals surface area contributed by atoms with Crippen molar-refractivity contribution in [3.05, 3.63) is 52.0 Å². The van der Waals surface area contributed by atoms with Gasteiger partial charge in [-0.3, -0.25) is 4.79 Å². The van der Waals surface area contributed by atoms with Gasteiger partial charge in [-0.1, -0.05) is 11.6 Å². The van der Waals surface area contributed by atoms with Crippen LogP contribution in [-0.2, 0) is 0 Å². The first-order valence-corrected chi connectivity index (χ1v) is 6.81. The number of benzene rings is 2. The molecule has 2 aromatic carbocycles. The number of methoxy groups -OCH3 is 1. The van der Waals surface area contributed by atoms with Gasteiger partial charge in [0, 0.05) is 16.2 Å². The summed E-state index contributed by atoms with van der Waals surface area (Å²) in [5.41, 5.74) is 8.51. The predicted octanol–water partition coefficient (Wildman–Crippen LogP) is 3.60. The summed E-state index contributed by atoms with van der Waals surface area (Å²) in [5.74, 6) is 0.346. The van der Waals surface area contributed by atoms with Gasteiger partial charge in [0.05, 0.1) is 18.4 Å². The van der Waals surface area contributed by atoms with Gasteiger partial charge < -0.3 is 15.8 Å². The minimum absolute atomic E-state index is 0.188. The molecule has 5 heteroatoms. The van der Waals surface area contributed by atoms with Gasteiger partial charge in [-0.25, -0.2) is 0 Å². The third-order valence-electron chi connectivity index (χ3n) is 2.86. The summed E-state index contributed by atoms with van der Waals surface area (Å²) in [7, 11) is 1.54. The SMILES string of the molecule is COc1cc(NC(=O)c2cc(C)ccc2Br)ccc1N. The fourth-order valence-corrected chi connectivity index (χ4v) is 2.23. The Morgan fingerprint density at radius 2 is 2.00 bits per heavy atom. The molecule has 0 bridgehead atoms. The second-order valence-corrected chi connectivity index (χ2v) is 5.25. The number of halogens is 1. The summed E-state index contributed by atoms with van der Waals surface area (Å²) < 4.78 is 5.88. The standard InChI is InChI=1S/C15H15BrN2O2/c1-9-3-5-12(16)11(7-9)15(19)18-10-4-6-13(17)14(8-10)20-2/h3-8H,17H2,1-2H3,(H,18,19). The monoisotopic (exact) mass is 334 g/mol. The van der Waals surface area contributed by atoms with Crippen LogP contribution in [0.15, 0.2) is 40.9 Å². The van der Waals surface area contributed by atoms with Gasteiger partial charge in [-0.2, -0.15) is 0 Å².